The lowest BCUT2D eigenvalue weighted by Gasteiger charge is -2.39. The van der Waals surface area contributed by atoms with Gasteiger partial charge in [-0.1, -0.05) is 39.7 Å². The number of nitrogens with one attached hydrogen (secondary N) is 1. The van der Waals surface area contributed by atoms with Crippen LogP contribution < -0.4 is 14.8 Å². The molecular weight excluding hydrogens is 523 g/mol. The number of hydrogen-bond donors (Lipinski definition) is 1. The Kier molecular flexibility index (Phi) is 5.08. The topological polar surface area (TPSA) is 61.2 Å². The van der Waals surface area contributed by atoms with E-state index < -0.39 is 12.1 Å². The van der Waals surface area contributed by atoms with Gasteiger partial charge in [-0.2, -0.15) is 10.1 Å². The van der Waals surface area contributed by atoms with Gasteiger partial charge in [0.05, 0.1) is 12.8 Å². The molecule has 3 aromatic carbocycles. The first-order chi connectivity index (χ1) is 16.5. The van der Waals surface area contributed by atoms with Crippen LogP contribution in [0.1, 0.15) is 28.8 Å². The van der Waals surface area contributed by atoms with Gasteiger partial charge in [0.25, 0.3) is 0 Å². The molecule has 170 valence electrons. The second kappa shape index (κ2) is 8.14. The second-order valence-electron chi connectivity index (χ2n) is 7.96. The molecule has 2 aliphatic rings. The van der Waals surface area contributed by atoms with Gasteiger partial charge in [-0.15, -0.1) is 0 Å². The van der Waals surface area contributed by atoms with Crippen molar-refractivity contribution in [2.24, 2.45) is 0 Å². The van der Waals surface area contributed by atoms with Crippen LogP contribution in [-0.2, 0) is 0 Å². The molecule has 0 fully saturated rings. The van der Waals surface area contributed by atoms with E-state index in [1.54, 1.807) is 30.0 Å². The SMILES string of the molecule is COc1ccc(Br)cc1[C@@H]1Oc2ccc(Cl)cc2C2=C1[C@H](c1ccc(F)cc1)n1ncnc1N2. The van der Waals surface area contributed by atoms with E-state index >= 15 is 0 Å². The van der Waals surface area contributed by atoms with Gasteiger partial charge in [-0.3, -0.25) is 0 Å². The normalized spacial score (nSPS) is 18.4. The zero-order chi connectivity index (χ0) is 23.4. The predicted molar refractivity (Wildman–Crippen MR) is 131 cm³/mol. The Morgan fingerprint density at radius 1 is 1.12 bits per heavy atom. The Bertz CT molecular complexity index is 1450. The van der Waals surface area contributed by atoms with Gasteiger partial charge >= 0.3 is 0 Å². The molecule has 0 amide bonds. The van der Waals surface area contributed by atoms with E-state index in [0.29, 0.717) is 22.5 Å². The summed E-state index contributed by atoms with van der Waals surface area (Å²) in [6, 6.07) is 17.3. The number of hydrogen-bond acceptors (Lipinski definition) is 5. The number of benzene rings is 3. The van der Waals surface area contributed by atoms with Crippen LogP contribution >= 0.6 is 27.5 Å². The summed E-state index contributed by atoms with van der Waals surface area (Å²) in [6.45, 7) is 0. The lowest BCUT2D eigenvalue weighted by atomic mass is 9.84. The molecule has 3 heterocycles. The Morgan fingerprint density at radius 3 is 2.74 bits per heavy atom. The van der Waals surface area contributed by atoms with Crippen LogP contribution in [0.4, 0.5) is 10.3 Å². The predicted octanol–water partition coefficient (Wildman–Crippen LogP) is 6.40. The van der Waals surface area contributed by atoms with E-state index in [1.807, 2.05) is 30.3 Å². The van der Waals surface area contributed by atoms with Gasteiger partial charge in [-0.25, -0.2) is 9.07 Å². The summed E-state index contributed by atoms with van der Waals surface area (Å²) in [5.41, 5.74) is 4.20. The molecule has 0 saturated carbocycles. The van der Waals surface area contributed by atoms with E-state index in [9.17, 15) is 4.39 Å². The highest BCUT2D eigenvalue weighted by Crippen LogP contribution is 2.52. The molecule has 2 atom stereocenters. The summed E-state index contributed by atoms with van der Waals surface area (Å²) in [6.07, 6.45) is 0.960. The summed E-state index contributed by atoms with van der Waals surface area (Å²) >= 11 is 9.95. The molecule has 0 radical (unpaired) electrons. The van der Waals surface area contributed by atoms with Crippen LogP contribution in [0.15, 0.2) is 77.0 Å². The molecule has 0 saturated heterocycles. The zero-order valence-corrected chi connectivity index (χ0v) is 20.1. The molecule has 9 heteroatoms. The number of aromatic nitrogens is 3. The second-order valence-corrected chi connectivity index (χ2v) is 9.31. The van der Waals surface area contributed by atoms with Gasteiger partial charge < -0.3 is 14.8 Å². The number of halogens is 3. The lowest BCUT2D eigenvalue weighted by Crippen LogP contribution is -2.32. The number of nitrogens with zero attached hydrogens (tertiary/aromatic N) is 3. The minimum atomic E-state index is -0.531. The van der Waals surface area contributed by atoms with Crippen LogP contribution in [0.5, 0.6) is 11.5 Å². The highest BCUT2D eigenvalue weighted by molar-refractivity contribution is 9.10. The monoisotopic (exact) mass is 538 g/mol. The van der Waals surface area contributed by atoms with Crippen molar-refractivity contribution in [2.45, 2.75) is 12.1 Å². The average Bonchev–Trinajstić information content (AvgIpc) is 3.31. The van der Waals surface area contributed by atoms with Crippen molar-refractivity contribution in [1.82, 2.24) is 14.8 Å². The smallest absolute Gasteiger partial charge is 0.226 e. The zero-order valence-electron chi connectivity index (χ0n) is 17.8. The van der Waals surface area contributed by atoms with Crippen LogP contribution in [0.25, 0.3) is 5.70 Å². The van der Waals surface area contributed by atoms with Crippen molar-refractivity contribution in [2.75, 3.05) is 12.4 Å². The Hall–Kier alpha value is -3.36. The van der Waals surface area contributed by atoms with Gasteiger partial charge in [-0.05, 0) is 54.1 Å². The number of fused-ring (bicyclic) bond motifs is 3. The summed E-state index contributed by atoms with van der Waals surface area (Å²) in [5, 5.41) is 8.50. The Labute approximate surface area is 208 Å². The summed E-state index contributed by atoms with van der Waals surface area (Å²) < 4.78 is 28.8. The van der Waals surface area contributed by atoms with Crippen molar-refractivity contribution in [3.8, 4) is 11.5 Å². The van der Waals surface area contributed by atoms with Crippen molar-refractivity contribution in [3.05, 3.63) is 105 Å². The van der Waals surface area contributed by atoms with Crippen LogP contribution in [0.3, 0.4) is 0 Å². The standard InChI is InChI=1S/C25H17BrClFN4O2/c1-33-19-8-4-14(26)10-18(19)24-21-22(17-11-15(27)5-9-20(17)34-24)31-25-29-12-30-32(25)23(21)13-2-6-16(28)7-3-13/h2-12,23-24H,1H3,(H,29,30,31)/t23-,24-/m0/s1. The molecule has 1 aromatic heterocycles. The third-order valence-corrected chi connectivity index (χ3v) is 6.76. The van der Waals surface area contributed by atoms with Crippen molar-refractivity contribution >= 4 is 39.2 Å². The molecular formula is C25H17BrClFN4O2. The van der Waals surface area contributed by atoms with Crippen LogP contribution in [0.2, 0.25) is 5.02 Å². The minimum Gasteiger partial charge on any atom is -0.496 e. The molecule has 1 N–H and O–H groups in total. The van der Waals surface area contributed by atoms with Gasteiger partial charge in [0.15, 0.2) is 6.10 Å². The third-order valence-electron chi connectivity index (χ3n) is 6.04. The van der Waals surface area contributed by atoms with Gasteiger partial charge in [0, 0.05) is 26.2 Å². The molecule has 2 aliphatic heterocycles. The number of rotatable bonds is 3. The fourth-order valence-corrected chi connectivity index (χ4v) is 5.13. The maximum absolute atomic E-state index is 13.8. The number of methoxy groups -OCH3 is 1. The molecule has 6 nitrogen and oxygen atoms in total. The van der Waals surface area contributed by atoms with Gasteiger partial charge in [0.2, 0.25) is 5.95 Å². The minimum absolute atomic E-state index is 0.312. The van der Waals surface area contributed by atoms with E-state index in [0.717, 1.165) is 32.4 Å². The van der Waals surface area contributed by atoms with Crippen LogP contribution in [0, 0.1) is 5.82 Å². The van der Waals surface area contributed by atoms with E-state index in [2.05, 4.69) is 31.3 Å². The largest absolute Gasteiger partial charge is 0.496 e. The third kappa shape index (κ3) is 3.36. The Morgan fingerprint density at radius 2 is 1.94 bits per heavy atom. The van der Waals surface area contributed by atoms with Crippen molar-refractivity contribution in [1.29, 1.82) is 0 Å². The number of ether oxygens (including phenoxy) is 2. The molecule has 0 spiro atoms. The summed E-state index contributed by atoms with van der Waals surface area (Å²) in [7, 11) is 1.63. The molecule has 4 aromatic rings. The van der Waals surface area contributed by atoms with Crippen molar-refractivity contribution in [3.63, 3.8) is 0 Å². The van der Waals surface area contributed by atoms with E-state index in [-0.39, 0.29) is 5.82 Å². The first kappa shape index (κ1) is 21.2. The Balaban J connectivity index is 1.66. The first-order valence-corrected chi connectivity index (χ1v) is 11.7. The quantitative estimate of drug-likeness (QED) is 0.326. The fraction of sp³-hybridized carbons (Fsp3) is 0.120. The fourth-order valence-electron chi connectivity index (χ4n) is 4.58. The highest BCUT2D eigenvalue weighted by atomic mass is 79.9. The first-order valence-electron chi connectivity index (χ1n) is 10.5. The van der Waals surface area contributed by atoms with E-state index in [1.165, 1.54) is 18.5 Å². The van der Waals surface area contributed by atoms with Gasteiger partial charge in [0.1, 0.15) is 29.7 Å². The molecule has 0 bridgehead atoms. The lowest BCUT2D eigenvalue weighted by molar-refractivity contribution is 0.217. The van der Waals surface area contributed by atoms with E-state index in [4.69, 9.17) is 21.1 Å². The highest BCUT2D eigenvalue weighted by Gasteiger charge is 2.42. The molecule has 34 heavy (non-hydrogen) atoms. The van der Waals surface area contributed by atoms with Crippen LogP contribution in [-0.4, -0.2) is 21.9 Å². The summed E-state index contributed by atoms with van der Waals surface area (Å²) in [4.78, 5) is 4.41. The maximum atomic E-state index is 13.8. The average molecular weight is 540 g/mol. The number of anilines is 1. The van der Waals surface area contributed by atoms with Crippen molar-refractivity contribution < 1.29 is 13.9 Å². The summed E-state index contributed by atoms with van der Waals surface area (Å²) in [5.74, 6) is 1.61. The molecule has 6 rings (SSSR count). The molecule has 0 unspecified atom stereocenters. The maximum Gasteiger partial charge on any atom is 0.226 e. The molecule has 0 aliphatic carbocycles.